The number of phenolic OH excluding ortho intramolecular Hbond substituents is 1. The number of carbonyl (C=O) groups is 1. The van der Waals surface area contributed by atoms with Gasteiger partial charge in [-0.2, -0.15) is 0 Å². The second-order valence-electron chi connectivity index (χ2n) is 6.69. The van der Waals surface area contributed by atoms with Crippen LogP contribution in [0.15, 0.2) is 53.5 Å². The average Bonchev–Trinajstić information content (AvgIpc) is 2.73. The van der Waals surface area contributed by atoms with Gasteiger partial charge in [0, 0.05) is 38.4 Å². The van der Waals surface area contributed by atoms with Crippen molar-refractivity contribution in [3.63, 3.8) is 0 Å². The Labute approximate surface area is 193 Å². The number of nitrogens with zero attached hydrogens (tertiary/aromatic N) is 3. The average molecular weight is 527 g/mol. The minimum absolute atomic E-state index is 0. The van der Waals surface area contributed by atoms with Crippen molar-refractivity contribution in [2.24, 2.45) is 4.99 Å². The van der Waals surface area contributed by atoms with Gasteiger partial charge in [0.15, 0.2) is 5.96 Å². The van der Waals surface area contributed by atoms with Crippen LogP contribution in [0.1, 0.15) is 6.92 Å². The number of phenols is 1. The van der Waals surface area contributed by atoms with E-state index in [1.165, 1.54) is 24.3 Å². The third-order valence-electron chi connectivity index (χ3n) is 4.64. The molecule has 0 bridgehead atoms. The summed E-state index contributed by atoms with van der Waals surface area (Å²) < 4.78 is 13.0. The van der Waals surface area contributed by atoms with Gasteiger partial charge in [0.25, 0.3) is 0 Å². The summed E-state index contributed by atoms with van der Waals surface area (Å²) in [6, 6.07) is 12.9. The van der Waals surface area contributed by atoms with Crippen molar-refractivity contribution in [1.29, 1.82) is 0 Å². The molecule has 0 radical (unpaired) electrons. The first-order valence-electron chi connectivity index (χ1n) is 9.68. The standard InChI is InChI=1S/C21H26FN5O2.HI/c1-2-23-21(24-15-20(29)25-17-9-7-16(22)8-10-17)27-13-11-26(12-14-27)18-5-3-4-6-19(18)28;/h3-10,28H,2,11-15H2,1H3,(H,23,24)(H,25,29);1H. The zero-order valence-corrected chi connectivity index (χ0v) is 19.2. The maximum atomic E-state index is 13.0. The molecule has 0 aromatic heterocycles. The van der Waals surface area contributed by atoms with Crippen molar-refractivity contribution in [3.8, 4) is 5.75 Å². The van der Waals surface area contributed by atoms with Gasteiger partial charge in [0.05, 0.1) is 5.69 Å². The van der Waals surface area contributed by atoms with Gasteiger partial charge in [-0.3, -0.25) is 4.79 Å². The Bertz CT molecular complexity index is 855. The van der Waals surface area contributed by atoms with Crippen molar-refractivity contribution in [2.75, 3.05) is 49.5 Å². The summed E-state index contributed by atoms with van der Waals surface area (Å²) in [5.41, 5.74) is 1.36. The lowest BCUT2D eigenvalue weighted by atomic mass is 10.2. The Balaban J connectivity index is 0.00000320. The molecule has 2 aromatic rings. The van der Waals surface area contributed by atoms with Crippen molar-refractivity contribution >= 4 is 47.2 Å². The summed E-state index contributed by atoms with van der Waals surface area (Å²) in [6.07, 6.45) is 0. The molecule has 3 rings (SSSR count). The lowest BCUT2D eigenvalue weighted by Gasteiger charge is -2.37. The lowest BCUT2D eigenvalue weighted by Crippen LogP contribution is -2.52. The van der Waals surface area contributed by atoms with Crippen LogP contribution in [0.4, 0.5) is 15.8 Å². The van der Waals surface area contributed by atoms with E-state index in [9.17, 15) is 14.3 Å². The summed E-state index contributed by atoms with van der Waals surface area (Å²) in [5, 5.41) is 16.0. The van der Waals surface area contributed by atoms with Crippen LogP contribution in [-0.2, 0) is 4.79 Å². The van der Waals surface area contributed by atoms with Crippen LogP contribution in [0.5, 0.6) is 5.75 Å². The molecule has 0 aliphatic carbocycles. The number of amides is 1. The molecule has 0 spiro atoms. The Morgan fingerprint density at radius 2 is 1.77 bits per heavy atom. The molecular formula is C21H27FIN5O2. The topological polar surface area (TPSA) is 80.2 Å². The summed E-state index contributed by atoms with van der Waals surface area (Å²) in [7, 11) is 0. The van der Waals surface area contributed by atoms with Crippen LogP contribution in [0.2, 0.25) is 0 Å². The van der Waals surface area contributed by atoms with Crippen molar-refractivity contribution in [3.05, 3.63) is 54.3 Å². The second kappa shape index (κ2) is 11.6. The number of guanidine groups is 1. The van der Waals surface area contributed by atoms with E-state index in [4.69, 9.17) is 0 Å². The van der Waals surface area contributed by atoms with E-state index >= 15 is 0 Å². The highest BCUT2D eigenvalue weighted by atomic mass is 127. The van der Waals surface area contributed by atoms with E-state index in [1.807, 2.05) is 25.1 Å². The van der Waals surface area contributed by atoms with Gasteiger partial charge < -0.3 is 25.5 Å². The number of carbonyl (C=O) groups excluding carboxylic acids is 1. The van der Waals surface area contributed by atoms with Crippen molar-refractivity contribution in [2.45, 2.75) is 6.92 Å². The summed E-state index contributed by atoms with van der Waals surface area (Å²) >= 11 is 0. The molecule has 1 fully saturated rings. The van der Waals surface area contributed by atoms with Crippen LogP contribution in [-0.4, -0.2) is 61.1 Å². The maximum Gasteiger partial charge on any atom is 0.246 e. The number of benzene rings is 2. The van der Waals surface area contributed by atoms with E-state index < -0.39 is 0 Å². The number of nitrogens with one attached hydrogen (secondary N) is 2. The fourth-order valence-corrected chi connectivity index (χ4v) is 3.20. The maximum absolute atomic E-state index is 13.0. The fourth-order valence-electron chi connectivity index (χ4n) is 3.20. The van der Waals surface area contributed by atoms with Crippen LogP contribution in [0.25, 0.3) is 0 Å². The highest BCUT2D eigenvalue weighted by molar-refractivity contribution is 14.0. The summed E-state index contributed by atoms with van der Waals surface area (Å²) in [4.78, 5) is 20.9. The first-order valence-corrected chi connectivity index (χ1v) is 9.68. The number of para-hydroxylation sites is 2. The number of piperazine rings is 1. The summed E-state index contributed by atoms with van der Waals surface area (Å²) in [6.45, 7) is 5.57. The van der Waals surface area contributed by atoms with Gasteiger partial charge in [-0.15, -0.1) is 24.0 Å². The molecule has 0 unspecified atom stereocenters. The predicted octanol–water partition coefficient (Wildman–Crippen LogP) is 2.88. The quantitative estimate of drug-likeness (QED) is 0.317. The molecule has 1 heterocycles. The van der Waals surface area contributed by atoms with E-state index in [0.717, 1.165) is 31.9 Å². The molecule has 1 aliphatic heterocycles. The molecule has 1 saturated heterocycles. The van der Waals surface area contributed by atoms with E-state index in [1.54, 1.807) is 6.07 Å². The first kappa shape index (κ1) is 23.7. The molecule has 1 amide bonds. The molecule has 162 valence electrons. The highest BCUT2D eigenvalue weighted by Gasteiger charge is 2.21. The zero-order chi connectivity index (χ0) is 20.6. The molecule has 1 aliphatic rings. The van der Waals surface area contributed by atoms with Crippen LogP contribution >= 0.6 is 24.0 Å². The van der Waals surface area contributed by atoms with Gasteiger partial charge in [-0.25, -0.2) is 9.38 Å². The third kappa shape index (κ3) is 6.48. The summed E-state index contributed by atoms with van der Waals surface area (Å²) in [5.74, 6) is 0.343. The largest absolute Gasteiger partial charge is 0.506 e. The van der Waals surface area contributed by atoms with Gasteiger partial charge in [-0.05, 0) is 43.3 Å². The Kier molecular flexibility index (Phi) is 9.15. The number of aromatic hydroxyl groups is 1. The number of halogens is 2. The molecule has 0 saturated carbocycles. The monoisotopic (exact) mass is 527 g/mol. The Morgan fingerprint density at radius 3 is 2.40 bits per heavy atom. The van der Waals surface area contributed by atoms with Crippen molar-refractivity contribution in [1.82, 2.24) is 10.2 Å². The molecule has 0 atom stereocenters. The Hall–Kier alpha value is -2.56. The molecule has 2 aromatic carbocycles. The van der Waals surface area contributed by atoms with Crippen LogP contribution in [0, 0.1) is 5.82 Å². The zero-order valence-electron chi connectivity index (χ0n) is 16.8. The van der Waals surface area contributed by atoms with Crippen LogP contribution < -0.4 is 15.5 Å². The number of hydrogen-bond donors (Lipinski definition) is 3. The van der Waals surface area contributed by atoms with Gasteiger partial charge >= 0.3 is 0 Å². The molecule has 3 N–H and O–H groups in total. The Morgan fingerprint density at radius 1 is 1.10 bits per heavy atom. The molecule has 9 heteroatoms. The smallest absolute Gasteiger partial charge is 0.246 e. The third-order valence-corrected chi connectivity index (χ3v) is 4.64. The van der Waals surface area contributed by atoms with Crippen LogP contribution in [0.3, 0.4) is 0 Å². The predicted molar refractivity (Wildman–Crippen MR) is 128 cm³/mol. The minimum atomic E-state index is -0.349. The van der Waals surface area contributed by atoms with Gasteiger partial charge in [0.1, 0.15) is 18.1 Å². The number of rotatable bonds is 5. The second-order valence-corrected chi connectivity index (χ2v) is 6.69. The number of aliphatic imine (C=N–C) groups is 1. The normalized spacial score (nSPS) is 14.1. The van der Waals surface area contributed by atoms with E-state index in [2.05, 4.69) is 25.4 Å². The number of anilines is 2. The lowest BCUT2D eigenvalue weighted by molar-refractivity contribution is -0.114. The minimum Gasteiger partial charge on any atom is -0.506 e. The highest BCUT2D eigenvalue weighted by Crippen LogP contribution is 2.27. The molecule has 30 heavy (non-hydrogen) atoms. The molecular weight excluding hydrogens is 500 g/mol. The van der Waals surface area contributed by atoms with E-state index in [0.29, 0.717) is 18.2 Å². The number of hydrogen-bond acceptors (Lipinski definition) is 4. The fraction of sp³-hybridized carbons (Fsp3) is 0.333. The van der Waals surface area contributed by atoms with E-state index in [-0.39, 0.29) is 48.0 Å². The van der Waals surface area contributed by atoms with Gasteiger partial charge in [0.2, 0.25) is 5.91 Å². The SMILES string of the molecule is CCNC(=NCC(=O)Nc1ccc(F)cc1)N1CCN(c2ccccc2O)CC1.I. The first-order chi connectivity index (χ1) is 14.1. The van der Waals surface area contributed by atoms with Gasteiger partial charge in [-0.1, -0.05) is 12.1 Å². The van der Waals surface area contributed by atoms with Crippen molar-refractivity contribution < 1.29 is 14.3 Å². The molecule has 7 nitrogen and oxygen atoms in total.